The molecule has 0 amide bonds. The van der Waals surface area contributed by atoms with Crippen molar-refractivity contribution in [2.24, 2.45) is 5.73 Å². The van der Waals surface area contributed by atoms with Gasteiger partial charge in [-0.05, 0) is 43.3 Å². The monoisotopic (exact) mass is 311 g/mol. The molecule has 1 aromatic rings. The van der Waals surface area contributed by atoms with E-state index in [0.717, 1.165) is 43.6 Å². The van der Waals surface area contributed by atoms with Gasteiger partial charge in [-0.2, -0.15) is 0 Å². The van der Waals surface area contributed by atoms with Crippen molar-refractivity contribution in [2.75, 3.05) is 44.2 Å². The van der Waals surface area contributed by atoms with E-state index < -0.39 is 0 Å². The lowest BCUT2D eigenvalue weighted by atomic mass is 10.1. The van der Waals surface area contributed by atoms with E-state index in [1.807, 2.05) is 0 Å². The average molecular weight is 312 g/mol. The number of anilines is 1. The highest BCUT2D eigenvalue weighted by molar-refractivity contribution is 9.10. The van der Waals surface area contributed by atoms with E-state index in [1.165, 1.54) is 11.3 Å². The standard InChI is InChI=1S/C14H22BrN3/c1-2-17-7-9-18(10-8-17)14-4-3-13(15)11-12(14)5-6-16/h3-4,11H,2,5-10,16H2,1H3. The fraction of sp³-hybridized carbons (Fsp3) is 0.571. The zero-order chi connectivity index (χ0) is 13.0. The first kappa shape index (κ1) is 13.8. The molecule has 1 fully saturated rings. The van der Waals surface area contributed by atoms with Crippen molar-refractivity contribution in [3.63, 3.8) is 0 Å². The minimum atomic E-state index is 0.707. The fourth-order valence-electron chi connectivity index (χ4n) is 2.52. The Morgan fingerprint density at radius 1 is 1.22 bits per heavy atom. The van der Waals surface area contributed by atoms with Crippen LogP contribution in [-0.4, -0.2) is 44.2 Å². The minimum Gasteiger partial charge on any atom is -0.369 e. The molecule has 2 N–H and O–H groups in total. The number of likely N-dealkylation sites (N-methyl/N-ethyl adjacent to an activating group) is 1. The molecule has 0 saturated carbocycles. The Kier molecular flexibility index (Phi) is 5.03. The first-order valence-corrected chi connectivity index (χ1v) is 7.49. The summed E-state index contributed by atoms with van der Waals surface area (Å²) >= 11 is 3.54. The van der Waals surface area contributed by atoms with Crippen molar-refractivity contribution in [1.82, 2.24) is 4.90 Å². The van der Waals surface area contributed by atoms with Gasteiger partial charge in [-0.3, -0.25) is 0 Å². The fourth-order valence-corrected chi connectivity index (χ4v) is 2.93. The van der Waals surface area contributed by atoms with Crippen LogP contribution in [0.25, 0.3) is 0 Å². The molecule has 0 aliphatic carbocycles. The maximum Gasteiger partial charge on any atom is 0.0400 e. The Balaban J connectivity index is 2.13. The van der Waals surface area contributed by atoms with Crippen LogP contribution in [0.15, 0.2) is 22.7 Å². The predicted molar refractivity (Wildman–Crippen MR) is 81.2 cm³/mol. The third-order valence-electron chi connectivity index (χ3n) is 3.62. The summed E-state index contributed by atoms with van der Waals surface area (Å²) in [5.41, 5.74) is 8.43. The molecule has 100 valence electrons. The van der Waals surface area contributed by atoms with Gasteiger partial charge in [-0.25, -0.2) is 0 Å². The highest BCUT2D eigenvalue weighted by Gasteiger charge is 2.17. The van der Waals surface area contributed by atoms with Gasteiger partial charge in [0.15, 0.2) is 0 Å². The Labute approximate surface area is 118 Å². The maximum atomic E-state index is 5.71. The second kappa shape index (κ2) is 6.55. The van der Waals surface area contributed by atoms with Gasteiger partial charge in [0.25, 0.3) is 0 Å². The number of nitrogens with two attached hydrogens (primary N) is 1. The summed E-state index contributed by atoms with van der Waals surface area (Å²) < 4.78 is 1.14. The van der Waals surface area contributed by atoms with Crippen LogP contribution in [0.1, 0.15) is 12.5 Å². The van der Waals surface area contributed by atoms with Crippen molar-refractivity contribution < 1.29 is 0 Å². The van der Waals surface area contributed by atoms with Gasteiger partial charge >= 0.3 is 0 Å². The quantitative estimate of drug-likeness (QED) is 0.924. The first-order valence-electron chi connectivity index (χ1n) is 6.70. The molecule has 0 unspecified atom stereocenters. The maximum absolute atomic E-state index is 5.71. The third-order valence-corrected chi connectivity index (χ3v) is 4.11. The molecular weight excluding hydrogens is 290 g/mol. The summed E-state index contributed by atoms with van der Waals surface area (Å²) in [6.07, 6.45) is 0.947. The largest absolute Gasteiger partial charge is 0.369 e. The molecule has 18 heavy (non-hydrogen) atoms. The van der Waals surface area contributed by atoms with Crippen molar-refractivity contribution in [3.05, 3.63) is 28.2 Å². The van der Waals surface area contributed by atoms with Crippen LogP contribution < -0.4 is 10.6 Å². The third kappa shape index (κ3) is 3.25. The van der Waals surface area contributed by atoms with Crippen molar-refractivity contribution in [1.29, 1.82) is 0 Å². The van der Waals surface area contributed by atoms with Crippen molar-refractivity contribution in [2.45, 2.75) is 13.3 Å². The molecule has 2 rings (SSSR count). The number of nitrogens with zero attached hydrogens (tertiary/aromatic N) is 2. The molecule has 0 spiro atoms. The van der Waals surface area contributed by atoms with Gasteiger partial charge in [0.05, 0.1) is 0 Å². The molecule has 0 aromatic heterocycles. The lowest BCUT2D eigenvalue weighted by Gasteiger charge is -2.36. The van der Waals surface area contributed by atoms with Gasteiger partial charge < -0.3 is 15.5 Å². The van der Waals surface area contributed by atoms with Crippen LogP contribution in [0, 0.1) is 0 Å². The van der Waals surface area contributed by atoms with E-state index in [0.29, 0.717) is 6.54 Å². The first-order chi connectivity index (χ1) is 8.74. The molecule has 1 aromatic carbocycles. The van der Waals surface area contributed by atoms with Crippen LogP contribution in [0.3, 0.4) is 0 Å². The normalized spacial score (nSPS) is 17.2. The van der Waals surface area contributed by atoms with E-state index in [2.05, 4.69) is 50.9 Å². The molecule has 0 radical (unpaired) electrons. The highest BCUT2D eigenvalue weighted by atomic mass is 79.9. The predicted octanol–water partition coefficient (Wildman–Crippen LogP) is 2.09. The number of piperazine rings is 1. The van der Waals surface area contributed by atoms with E-state index in [4.69, 9.17) is 5.73 Å². The van der Waals surface area contributed by atoms with E-state index in [1.54, 1.807) is 0 Å². The smallest absolute Gasteiger partial charge is 0.0400 e. The Morgan fingerprint density at radius 2 is 1.94 bits per heavy atom. The van der Waals surface area contributed by atoms with Crippen LogP contribution in [0.5, 0.6) is 0 Å². The van der Waals surface area contributed by atoms with Gasteiger partial charge in [0, 0.05) is 36.3 Å². The van der Waals surface area contributed by atoms with Gasteiger partial charge in [-0.15, -0.1) is 0 Å². The summed E-state index contributed by atoms with van der Waals surface area (Å²) in [5.74, 6) is 0. The SMILES string of the molecule is CCN1CCN(c2ccc(Br)cc2CCN)CC1. The molecule has 1 heterocycles. The average Bonchev–Trinajstić information content (AvgIpc) is 2.40. The number of hydrogen-bond acceptors (Lipinski definition) is 3. The molecule has 0 atom stereocenters. The molecule has 4 heteroatoms. The summed E-state index contributed by atoms with van der Waals surface area (Å²) in [4.78, 5) is 4.99. The van der Waals surface area contributed by atoms with Gasteiger partial charge in [-0.1, -0.05) is 22.9 Å². The lowest BCUT2D eigenvalue weighted by Crippen LogP contribution is -2.46. The second-order valence-electron chi connectivity index (χ2n) is 4.73. The van der Waals surface area contributed by atoms with Crippen molar-refractivity contribution in [3.8, 4) is 0 Å². The summed E-state index contributed by atoms with van der Waals surface area (Å²) in [7, 11) is 0. The second-order valence-corrected chi connectivity index (χ2v) is 5.65. The van der Waals surface area contributed by atoms with E-state index in [9.17, 15) is 0 Å². The van der Waals surface area contributed by atoms with Crippen molar-refractivity contribution >= 4 is 21.6 Å². The number of rotatable bonds is 4. The zero-order valence-corrected chi connectivity index (χ0v) is 12.6. The number of hydrogen-bond donors (Lipinski definition) is 1. The molecular formula is C14H22BrN3. The summed E-state index contributed by atoms with van der Waals surface area (Å²) in [6, 6.07) is 6.55. The molecule has 3 nitrogen and oxygen atoms in total. The molecule has 1 saturated heterocycles. The van der Waals surface area contributed by atoms with Crippen LogP contribution in [-0.2, 0) is 6.42 Å². The molecule has 0 bridgehead atoms. The van der Waals surface area contributed by atoms with Crippen LogP contribution in [0.4, 0.5) is 5.69 Å². The number of benzene rings is 1. The van der Waals surface area contributed by atoms with Crippen LogP contribution in [0.2, 0.25) is 0 Å². The van der Waals surface area contributed by atoms with Gasteiger partial charge in [0.2, 0.25) is 0 Å². The Morgan fingerprint density at radius 3 is 2.56 bits per heavy atom. The van der Waals surface area contributed by atoms with Gasteiger partial charge in [0.1, 0.15) is 0 Å². The Hall–Kier alpha value is -0.580. The topological polar surface area (TPSA) is 32.5 Å². The lowest BCUT2D eigenvalue weighted by molar-refractivity contribution is 0.271. The van der Waals surface area contributed by atoms with E-state index in [-0.39, 0.29) is 0 Å². The summed E-state index contributed by atoms with van der Waals surface area (Å²) in [5, 5.41) is 0. The minimum absolute atomic E-state index is 0.707. The Bertz CT molecular complexity index is 387. The zero-order valence-electron chi connectivity index (χ0n) is 11.0. The number of halogens is 1. The summed E-state index contributed by atoms with van der Waals surface area (Å²) in [6.45, 7) is 8.65. The molecule has 1 aliphatic rings. The van der Waals surface area contributed by atoms with Crippen LogP contribution >= 0.6 is 15.9 Å². The molecule has 1 aliphatic heterocycles. The highest BCUT2D eigenvalue weighted by Crippen LogP contribution is 2.26. The van der Waals surface area contributed by atoms with E-state index >= 15 is 0 Å².